The van der Waals surface area contributed by atoms with Gasteiger partial charge in [0.05, 0.1) is 13.2 Å². The Hall–Kier alpha value is -0.610. The molecule has 0 heterocycles. The molecular formula is C14H27NO3. The van der Waals surface area contributed by atoms with Crippen LogP contribution in [0.15, 0.2) is 0 Å². The van der Waals surface area contributed by atoms with Crippen LogP contribution in [0.1, 0.15) is 52.4 Å². The number of hydrogen-bond donors (Lipinski definition) is 1. The van der Waals surface area contributed by atoms with Crippen molar-refractivity contribution >= 4 is 5.97 Å². The van der Waals surface area contributed by atoms with E-state index in [1.807, 2.05) is 6.92 Å². The van der Waals surface area contributed by atoms with Crippen molar-refractivity contribution in [1.29, 1.82) is 0 Å². The quantitative estimate of drug-likeness (QED) is 0.675. The van der Waals surface area contributed by atoms with Crippen molar-refractivity contribution in [1.82, 2.24) is 4.90 Å². The number of esters is 1. The van der Waals surface area contributed by atoms with Crippen LogP contribution in [0, 0.1) is 0 Å². The monoisotopic (exact) mass is 257 g/mol. The summed E-state index contributed by atoms with van der Waals surface area (Å²) < 4.78 is 5.18. The Morgan fingerprint density at radius 3 is 2.56 bits per heavy atom. The highest BCUT2D eigenvalue weighted by Crippen LogP contribution is 2.26. The van der Waals surface area contributed by atoms with Crippen molar-refractivity contribution in [3.05, 3.63) is 0 Å². The topological polar surface area (TPSA) is 49.8 Å². The first-order valence-corrected chi connectivity index (χ1v) is 7.27. The molecule has 0 radical (unpaired) electrons. The third-order valence-corrected chi connectivity index (χ3v) is 3.67. The maximum absolute atomic E-state index is 12.1. The van der Waals surface area contributed by atoms with Crippen LogP contribution in [0.4, 0.5) is 0 Å². The van der Waals surface area contributed by atoms with Gasteiger partial charge in [-0.25, -0.2) is 0 Å². The number of nitrogens with zero attached hydrogens (tertiary/aromatic N) is 1. The molecule has 18 heavy (non-hydrogen) atoms. The molecule has 1 N–H and O–H groups in total. The maximum atomic E-state index is 12.1. The van der Waals surface area contributed by atoms with Crippen LogP contribution in [-0.2, 0) is 9.53 Å². The molecule has 0 aromatic rings. The van der Waals surface area contributed by atoms with Gasteiger partial charge in [-0.05, 0) is 26.2 Å². The molecule has 0 aliphatic heterocycles. The van der Waals surface area contributed by atoms with Crippen molar-refractivity contribution < 1.29 is 14.6 Å². The molecule has 1 aliphatic rings. The number of aliphatic hydroxyl groups is 1. The summed E-state index contributed by atoms with van der Waals surface area (Å²) in [6.07, 6.45) is 6.51. The zero-order valence-corrected chi connectivity index (χ0v) is 11.7. The SMILES string of the molecule is CCCC(C(=O)OCC)N(CCO)C1CCCC1. The van der Waals surface area contributed by atoms with Crippen LogP contribution in [-0.4, -0.2) is 47.8 Å². The molecule has 0 aromatic heterocycles. The predicted molar refractivity (Wildman–Crippen MR) is 71.4 cm³/mol. The van der Waals surface area contributed by atoms with E-state index in [1.54, 1.807) is 0 Å². The molecule has 0 saturated heterocycles. The van der Waals surface area contributed by atoms with Gasteiger partial charge in [0.25, 0.3) is 0 Å². The molecule has 1 atom stereocenters. The van der Waals surface area contributed by atoms with Gasteiger partial charge in [-0.15, -0.1) is 0 Å². The summed E-state index contributed by atoms with van der Waals surface area (Å²) in [5.41, 5.74) is 0. The largest absolute Gasteiger partial charge is 0.465 e. The fraction of sp³-hybridized carbons (Fsp3) is 0.929. The summed E-state index contributed by atoms with van der Waals surface area (Å²) in [5, 5.41) is 9.23. The summed E-state index contributed by atoms with van der Waals surface area (Å²) in [6.45, 7) is 5.03. The lowest BCUT2D eigenvalue weighted by atomic mass is 10.1. The van der Waals surface area contributed by atoms with E-state index in [4.69, 9.17) is 4.74 Å². The highest BCUT2D eigenvalue weighted by atomic mass is 16.5. The van der Waals surface area contributed by atoms with Crippen LogP contribution < -0.4 is 0 Å². The lowest BCUT2D eigenvalue weighted by Gasteiger charge is -2.34. The Morgan fingerprint density at radius 2 is 2.06 bits per heavy atom. The molecule has 0 aromatic carbocycles. The van der Waals surface area contributed by atoms with Crippen LogP contribution in [0.2, 0.25) is 0 Å². The summed E-state index contributed by atoms with van der Waals surface area (Å²) in [6, 6.07) is 0.267. The van der Waals surface area contributed by atoms with Crippen LogP contribution in [0.25, 0.3) is 0 Å². The highest BCUT2D eigenvalue weighted by molar-refractivity contribution is 5.75. The predicted octanol–water partition coefficient (Wildman–Crippen LogP) is 1.96. The minimum atomic E-state index is -0.176. The first-order chi connectivity index (χ1) is 8.74. The summed E-state index contributed by atoms with van der Waals surface area (Å²) in [7, 11) is 0. The Bertz CT molecular complexity index is 239. The van der Waals surface area contributed by atoms with E-state index in [2.05, 4.69) is 11.8 Å². The van der Waals surface area contributed by atoms with E-state index in [1.165, 1.54) is 12.8 Å². The number of rotatable bonds is 8. The second-order valence-electron chi connectivity index (χ2n) is 4.96. The summed E-state index contributed by atoms with van der Waals surface area (Å²) in [5.74, 6) is -0.125. The molecule has 4 nitrogen and oxygen atoms in total. The van der Waals surface area contributed by atoms with Gasteiger partial charge in [0.1, 0.15) is 6.04 Å². The Morgan fingerprint density at radius 1 is 1.39 bits per heavy atom. The van der Waals surface area contributed by atoms with Gasteiger partial charge in [0.2, 0.25) is 0 Å². The first-order valence-electron chi connectivity index (χ1n) is 7.27. The van der Waals surface area contributed by atoms with E-state index in [9.17, 15) is 9.90 Å². The minimum absolute atomic E-state index is 0.107. The molecule has 1 fully saturated rings. The molecule has 1 saturated carbocycles. The van der Waals surface area contributed by atoms with Gasteiger partial charge in [-0.3, -0.25) is 9.69 Å². The zero-order valence-electron chi connectivity index (χ0n) is 11.7. The summed E-state index contributed by atoms with van der Waals surface area (Å²) in [4.78, 5) is 14.2. The molecular weight excluding hydrogens is 230 g/mol. The van der Waals surface area contributed by atoms with E-state index in [-0.39, 0.29) is 18.6 Å². The van der Waals surface area contributed by atoms with Crippen molar-refractivity contribution in [3.63, 3.8) is 0 Å². The Kier molecular flexibility index (Phi) is 7.28. The average Bonchev–Trinajstić information content (AvgIpc) is 2.87. The second kappa shape index (κ2) is 8.48. The highest BCUT2D eigenvalue weighted by Gasteiger charge is 2.32. The number of carbonyl (C=O) groups is 1. The smallest absolute Gasteiger partial charge is 0.323 e. The lowest BCUT2D eigenvalue weighted by Crippen LogP contribution is -2.48. The molecule has 0 bridgehead atoms. The number of aliphatic hydroxyl groups excluding tert-OH is 1. The van der Waals surface area contributed by atoms with Gasteiger partial charge in [0.15, 0.2) is 0 Å². The van der Waals surface area contributed by atoms with E-state index in [0.717, 1.165) is 25.7 Å². The van der Waals surface area contributed by atoms with Crippen molar-refractivity contribution in [2.24, 2.45) is 0 Å². The van der Waals surface area contributed by atoms with Crippen molar-refractivity contribution in [2.75, 3.05) is 19.8 Å². The van der Waals surface area contributed by atoms with Gasteiger partial charge < -0.3 is 9.84 Å². The average molecular weight is 257 g/mol. The number of hydrogen-bond acceptors (Lipinski definition) is 4. The molecule has 1 aliphatic carbocycles. The lowest BCUT2D eigenvalue weighted by molar-refractivity contribution is -0.151. The van der Waals surface area contributed by atoms with Crippen molar-refractivity contribution in [2.45, 2.75) is 64.5 Å². The zero-order chi connectivity index (χ0) is 13.4. The number of carbonyl (C=O) groups excluding carboxylic acids is 1. The van der Waals surface area contributed by atoms with Gasteiger partial charge in [-0.1, -0.05) is 26.2 Å². The van der Waals surface area contributed by atoms with E-state index in [0.29, 0.717) is 19.2 Å². The third-order valence-electron chi connectivity index (χ3n) is 3.67. The molecule has 0 amide bonds. The van der Waals surface area contributed by atoms with Crippen LogP contribution in [0.3, 0.4) is 0 Å². The van der Waals surface area contributed by atoms with Crippen molar-refractivity contribution in [3.8, 4) is 0 Å². The Labute approximate surface area is 110 Å². The maximum Gasteiger partial charge on any atom is 0.323 e. The minimum Gasteiger partial charge on any atom is -0.465 e. The molecule has 0 spiro atoms. The third kappa shape index (κ3) is 4.25. The summed E-state index contributed by atoms with van der Waals surface area (Å²) >= 11 is 0. The van der Waals surface area contributed by atoms with E-state index < -0.39 is 0 Å². The second-order valence-corrected chi connectivity index (χ2v) is 4.96. The molecule has 4 heteroatoms. The van der Waals surface area contributed by atoms with Gasteiger partial charge >= 0.3 is 5.97 Å². The van der Waals surface area contributed by atoms with Crippen LogP contribution in [0.5, 0.6) is 0 Å². The van der Waals surface area contributed by atoms with Crippen LogP contribution >= 0.6 is 0 Å². The van der Waals surface area contributed by atoms with Gasteiger partial charge in [0, 0.05) is 12.6 Å². The standard InChI is InChI=1S/C14H27NO3/c1-3-7-13(14(17)18-4-2)15(10-11-16)12-8-5-6-9-12/h12-13,16H,3-11H2,1-2H3. The Balaban J connectivity index is 2.71. The fourth-order valence-corrected chi connectivity index (χ4v) is 2.88. The molecule has 1 unspecified atom stereocenters. The normalized spacial score (nSPS) is 18.2. The molecule has 1 rings (SSSR count). The van der Waals surface area contributed by atoms with E-state index >= 15 is 0 Å². The first kappa shape index (κ1) is 15.4. The fourth-order valence-electron chi connectivity index (χ4n) is 2.88. The van der Waals surface area contributed by atoms with Gasteiger partial charge in [-0.2, -0.15) is 0 Å². The number of ether oxygens (including phenoxy) is 1. The molecule has 106 valence electrons.